The van der Waals surface area contributed by atoms with Gasteiger partial charge in [0.05, 0.1) is 0 Å². The van der Waals surface area contributed by atoms with Crippen molar-refractivity contribution in [3.63, 3.8) is 0 Å². The van der Waals surface area contributed by atoms with Gasteiger partial charge >= 0.3 is 5.97 Å². The Bertz CT molecular complexity index is 444. The van der Waals surface area contributed by atoms with Crippen molar-refractivity contribution in [1.29, 1.82) is 0 Å². The monoisotopic (exact) mass is 231 g/mol. The molecule has 0 radical (unpaired) electrons. The molecule has 0 aromatic heterocycles. The average Bonchev–Trinajstić information content (AvgIpc) is 2.71. The van der Waals surface area contributed by atoms with E-state index in [4.69, 9.17) is 0 Å². The van der Waals surface area contributed by atoms with Gasteiger partial charge in [-0.15, -0.1) is 0 Å². The molecule has 3 atom stereocenters. The smallest absolute Gasteiger partial charge is 0.326 e. The Kier molecular flexibility index (Phi) is 2.54. The number of rotatable bonds is 1. The van der Waals surface area contributed by atoms with Crippen LogP contribution in [0.15, 0.2) is 24.3 Å². The second-order valence-corrected chi connectivity index (χ2v) is 5.16. The number of aliphatic carboxylic acids is 1. The normalized spacial score (nSPS) is 30.9. The second kappa shape index (κ2) is 4.06. The Morgan fingerprint density at radius 1 is 1.29 bits per heavy atom. The fourth-order valence-corrected chi connectivity index (χ4v) is 3.39. The zero-order valence-electron chi connectivity index (χ0n) is 9.73. The molecule has 1 aliphatic carbocycles. The van der Waals surface area contributed by atoms with E-state index >= 15 is 0 Å². The second-order valence-electron chi connectivity index (χ2n) is 5.16. The molecule has 0 saturated heterocycles. The molecule has 1 aromatic carbocycles. The fraction of sp³-hybridized carbons (Fsp3) is 0.500. The van der Waals surface area contributed by atoms with Crippen LogP contribution < -0.4 is 5.32 Å². The van der Waals surface area contributed by atoms with Gasteiger partial charge in [0.25, 0.3) is 0 Å². The number of benzene rings is 1. The highest BCUT2D eigenvalue weighted by atomic mass is 16.4. The summed E-state index contributed by atoms with van der Waals surface area (Å²) in [4.78, 5) is 11.2. The lowest BCUT2D eigenvalue weighted by atomic mass is 9.86. The van der Waals surface area contributed by atoms with Gasteiger partial charge in [-0.1, -0.05) is 24.6 Å². The summed E-state index contributed by atoms with van der Waals surface area (Å²) >= 11 is 0. The molecule has 3 heteroatoms. The first-order chi connectivity index (χ1) is 8.25. The first-order valence-corrected chi connectivity index (χ1v) is 6.34. The lowest BCUT2D eigenvalue weighted by molar-refractivity contribution is -0.138. The Labute approximate surface area is 101 Å². The number of carboxylic acids is 1. The SMILES string of the molecule is O=C(O)C1CC2CCCC2c2ccccc2N1. The molecular formula is C14H17NO2. The van der Waals surface area contributed by atoms with Gasteiger partial charge in [-0.3, -0.25) is 0 Å². The number of hydrogen-bond donors (Lipinski definition) is 2. The zero-order valence-corrected chi connectivity index (χ0v) is 9.73. The van der Waals surface area contributed by atoms with Crippen LogP contribution in [0.25, 0.3) is 0 Å². The van der Waals surface area contributed by atoms with Gasteiger partial charge < -0.3 is 10.4 Å². The summed E-state index contributed by atoms with van der Waals surface area (Å²) in [7, 11) is 0. The largest absolute Gasteiger partial charge is 0.480 e. The van der Waals surface area contributed by atoms with Gasteiger partial charge in [0, 0.05) is 5.69 Å². The minimum Gasteiger partial charge on any atom is -0.480 e. The minimum absolute atomic E-state index is 0.427. The van der Waals surface area contributed by atoms with Crippen LogP contribution in [0.2, 0.25) is 0 Å². The van der Waals surface area contributed by atoms with E-state index in [1.54, 1.807) is 0 Å². The Hall–Kier alpha value is -1.51. The predicted octanol–water partition coefficient (Wildman–Crippen LogP) is 2.84. The molecule has 1 heterocycles. The molecule has 0 bridgehead atoms. The van der Waals surface area contributed by atoms with Crippen LogP contribution in [0.1, 0.15) is 37.2 Å². The minimum atomic E-state index is -0.729. The highest BCUT2D eigenvalue weighted by Crippen LogP contribution is 2.46. The maximum atomic E-state index is 11.2. The molecule has 3 rings (SSSR count). The van der Waals surface area contributed by atoms with Crippen molar-refractivity contribution in [2.24, 2.45) is 5.92 Å². The summed E-state index contributed by atoms with van der Waals surface area (Å²) in [5.74, 6) is 0.364. The summed E-state index contributed by atoms with van der Waals surface area (Å²) in [6, 6.07) is 7.75. The lowest BCUT2D eigenvalue weighted by Crippen LogP contribution is -2.30. The highest BCUT2D eigenvalue weighted by molar-refractivity contribution is 5.78. The Morgan fingerprint density at radius 2 is 2.12 bits per heavy atom. The quantitative estimate of drug-likeness (QED) is 0.781. The van der Waals surface area contributed by atoms with Gasteiger partial charge in [-0.05, 0) is 42.7 Å². The van der Waals surface area contributed by atoms with Crippen LogP contribution in [-0.4, -0.2) is 17.1 Å². The number of nitrogens with one attached hydrogen (secondary N) is 1. The summed E-state index contributed by atoms with van der Waals surface area (Å²) in [5, 5.41) is 12.4. The highest BCUT2D eigenvalue weighted by Gasteiger charge is 2.36. The van der Waals surface area contributed by atoms with Crippen molar-refractivity contribution in [2.75, 3.05) is 5.32 Å². The summed E-state index contributed by atoms with van der Waals surface area (Å²) < 4.78 is 0. The molecule has 2 aliphatic rings. The summed E-state index contributed by atoms with van der Waals surface area (Å²) in [6.07, 6.45) is 4.37. The number of carboxylic acid groups (broad SMARTS) is 1. The third-order valence-corrected chi connectivity index (χ3v) is 4.19. The number of carbonyl (C=O) groups is 1. The van der Waals surface area contributed by atoms with Crippen molar-refractivity contribution in [1.82, 2.24) is 0 Å². The molecule has 1 fully saturated rings. The maximum absolute atomic E-state index is 11.2. The fourth-order valence-electron chi connectivity index (χ4n) is 3.39. The van der Waals surface area contributed by atoms with Crippen LogP contribution in [0.5, 0.6) is 0 Å². The van der Waals surface area contributed by atoms with Crippen molar-refractivity contribution >= 4 is 11.7 Å². The van der Waals surface area contributed by atoms with E-state index in [9.17, 15) is 9.90 Å². The lowest BCUT2D eigenvalue weighted by Gasteiger charge is -2.17. The first-order valence-electron chi connectivity index (χ1n) is 6.34. The van der Waals surface area contributed by atoms with E-state index in [0.29, 0.717) is 11.8 Å². The zero-order chi connectivity index (χ0) is 11.8. The molecule has 0 amide bonds. The van der Waals surface area contributed by atoms with Crippen LogP contribution in [0, 0.1) is 5.92 Å². The average molecular weight is 231 g/mol. The molecule has 17 heavy (non-hydrogen) atoms. The van der Waals surface area contributed by atoms with Crippen molar-refractivity contribution in [3.8, 4) is 0 Å². The van der Waals surface area contributed by atoms with Gasteiger partial charge in [0.2, 0.25) is 0 Å². The number of anilines is 1. The van der Waals surface area contributed by atoms with Crippen molar-refractivity contribution in [2.45, 2.75) is 37.6 Å². The molecule has 0 spiro atoms. The van der Waals surface area contributed by atoms with Gasteiger partial charge in [-0.2, -0.15) is 0 Å². The van der Waals surface area contributed by atoms with Gasteiger partial charge in [0.1, 0.15) is 6.04 Å². The van der Waals surface area contributed by atoms with Crippen molar-refractivity contribution < 1.29 is 9.90 Å². The van der Waals surface area contributed by atoms with E-state index in [0.717, 1.165) is 12.1 Å². The molecular weight excluding hydrogens is 214 g/mol. The van der Waals surface area contributed by atoms with E-state index in [1.165, 1.54) is 24.8 Å². The van der Waals surface area contributed by atoms with Crippen LogP contribution in [0.3, 0.4) is 0 Å². The standard InChI is InChI=1S/C14H17NO2/c16-14(17)13-8-9-4-3-6-10(9)11-5-1-2-7-12(11)15-13/h1-2,5,7,9-10,13,15H,3-4,6,8H2,(H,16,17). The molecule has 90 valence electrons. The van der Waals surface area contributed by atoms with E-state index in [-0.39, 0.29) is 0 Å². The molecule has 3 unspecified atom stereocenters. The Balaban J connectivity index is 2.02. The summed E-state index contributed by atoms with van der Waals surface area (Å²) in [5.41, 5.74) is 2.34. The molecule has 2 N–H and O–H groups in total. The first kappa shape index (κ1) is 10.6. The topological polar surface area (TPSA) is 49.3 Å². The van der Waals surface area contributed by atoms with E-state index in [2.05, 4.69) is 17.4 Å². The predicted molar refractivity (Wildman–Crippen MR) is 66.2 cm³/mol. The molecule has 3 nitrogen and oxygen atoms in total. The Morgan fingerprint density at radius 3 is 2.94 bits per heavy atom. The third-order valence-electron chi connectivity index (χ3n) is 4.19. The van der Waals surface area contributed by atoms with Crippen molar-refractivity contribution in [3.05, 3.63) is 29.8 Å². The maximum Gasteiger partial charge on any atom is 0.326 e. The van der Waals surface area contributed by atoms with Gasteiger partial charge in [0.15, 0.2) is 0 Å². The van der Waals surface area contributed by atoms with Crippen LogP contribution in [-0.2, 0) is 4.79 Å². The number of fused-ring (bicyclic) bond motifs is 3. The molecule has 1 aromatic rings. The van der Waals surface area contributed by atoms with E-state index < -0.39 is 12.0 Å². The van der Waals surface area contributed by atoms with Gasteiger partial charge in [-0.25, -0.2) is 4.79 Å². The van der Waals surface area contributed by atoms with Crippen LogP contribution >= 0.6 is 0 Å². The third kappa shape index (κ3) is 1.79. The molecule has 1 saturated carbocycles. The molecule has 1 aliphatic heterocycles. The number of hydrogen-bond acceptors (Lipinski definition) is 2. The number of para-hydroxylation sites is 1. The van der Waals surface area contributed by atoms with E-state index in [1.807, 2.05) is 12.1 Å². The summed E-state index contributed by atoms with van der Waals surface area (Å²) in [6.45, 7) is 0. The van der Waals surface area contributed by atoms with Crippen LogP contribution in [0.4, 0.5) is 5.69 Å².